The van der Waals surface area contributed by atoms with Crippen LogP contribution in [0.4, 0.5) is 4.79 Å². The van der Waals surface area contributed by atoms with Crippen molar-refractivity contribution in [1.29, 1.82) is 0 Å². The van der Waals surface area contributed by atoms with Crippen LogP contribution in [-0.2, 0) is 11.3 Å². The average Bonchev–Trinajstić information content (AvgIpc) is 3.13. The molecule has 144 valence electrons. The van der Waals surface area contributed by atoms with Crippen molar-refractivity contribution < 1.29 is 14.3 Å². The number of benzene rings is 2. The van der Waals surface area contributed by atoms with Crippen LogP contribution in [0, 0.1) is 0 Å². The summed E-state index contributed by atoms with van der Waals surface area (Å²) < 4.78 is 10.0. The molecule has 0 radical (unpaired) electrons. The maximum Gasteiger partial charge on any atom is 0.513 e. The smallest absolute Gasteiger partial charge is 0.434 e. The number of rotatable bonds is 5. The van der Waals surface area contributed by atoms with Crippen molar-refractivity contribution in [2.24, 2.45) is 0 Å². The fourth-order valence-corrected chi connectivity index (χ4v) is 3.62. The number of carbonyl (C=O) groups is 1. The van der Waals surface area contributed by atoms with E-state index in [4.69, 9.17) is 9.47 Å². The molecule has 2 heterocycles. The van der Waals surface area contributed by atoms with Crippen molar-refractivity contribution in [1.82, 2.24) is 9.88 Å². The molecule has 4 rings (SSSR count). The van der Waals surface area contributed by atoms with Gasteiger partial charge in [0.15, 0.2) is 0 Å². The zero-order valence-corrected chi connectivity index (χ0v) is 16.0. The lowest BCUT2D eigenvalue weighted by Gasteiger charge is -2.26. The molecule has 0 amide bonds. The highest BCUT2D eigenvalue weighted by molar-refractivity contribution is 5.93. The Kier molecular flexibility index (Phi) is 5.44. The maximum atomic E-state index is 11.5. The van der Waals surface area contributed by atoms with Crippen LogP contribution in [-0.4, -0.2) is 35.7 Å². The molecule has 0 fully saturated rings. The first-order valence-corrected chi connectivity index (χ1v) is 9.64. The first-order valence-electron chi connectivity index (χ1n) is 9.64. The van der Waals surface area contributed by atoms with E-state index in [1.54, 1.807) is 6.92 Å². The summed E-state index contributed by atoms with van der Waals surface area (Å²) >= 11 is 0. The third kappa shape index (κ3) is 4.10. The first-order chi connectivity index (χ1) is 13.7. The van der Waals surface area contributed by atoms with E-state index in [-0.39, 0.29) is 0 Å². The quantitative estimate of drug-likeness (QED) is 0.503. The third-order valence-electron chi connectivity index (χ3n) is 5.00. The highest BCUT2D eigenvalue weighted by Gasteiger charge is 2.16. The van der Waals surface area contributed by atoms with E-state index in [1.165, 1.54) is 16.7 Å². The number of fused-ring (bicyclic) bond motifs is 1. The largest absolute Gasteiger partial charge is 0.513 e. The highest BCUT2D eigenvalue weighted by Crippen LogP contribution is 2.31. The number of ether oxygens (including phenoxy) is 2. The third-order valence-corrected chi connectivity index (χ3v) is 5.00. The van der Waals surface area contributed by atoms with E-state index >= 15 is 0 Å². The van der Waals surface area contributed by atoms with E-state index in [0.29, 0.717) is 12.4 Å². The van der Waals surface area contributed by atoms with Crippen molar-refractivity contribution in [3.05, 3.63) is 71.9 Å². The second-order valence-corrected chi connectivity index (χ2v) is 6.89. The van der Waals surface area contributed by atoms with Crippen LogP contribution < -0.4 is 4.74 Å². The molecule has 0 saturated carbocycles. The van der Waals surface area contributed by atoms with Gasteiger partial charge in [0.2, 0.25) is 0 Å². The Labute approximate surface area is 164 Å². The summed E-state index contributed by atoms with van der Waals surface area (Å²) in [6, 6.07) is 16.2. The molecule has 5 heteroatoms. The maximum absolute atomic E-state index is 11.5. The van der Waals surface area contributed by atoms with Gasteiger partial charge in [0, 0.05) is 48.4 Å². The monoisotopic (exact) mass is 376 g/mol. The van der Waals surface area contributed by atoms with Crippen LogP contribution in [0.25, 0.3) is 16.5 Å². The van der Waals surface area contributed by atoms with Crippen LogP contribution in [0.5, 0.6) is 5.75 Å². The predicted octanol–water partition coefficient (Wildman–Crippen LogP) is 4.99. The number of aromatic amines is 1. The number of carbonyl (C=O) groups excluding carboxylic acids is 1. The minimum absolute atomic E-state index is 0.295. The van der Waals surface area contributed by atoms with Crippen LogP contribution in [0.1, 0.15) is 24.5 Å². The number of nitrogens with zero attached hydrogens (tertiary/aromatic N) is 1. The summed E-state index contributed by atoms with van der Waals surface area (Å²) in [5.74, 6) is 0.478. The Balaban J connectivity index is 1.46. The summed E-state index contributed by atoms with van der Waals surface area (Å²) in [5, 5.41) is 1.14. The van der Waals surface area contributed by atoms with Gasteiger partial charge in [0.05, 0.1) is 6.61 Å². The normalized spacial score (nSPS) is 14.7. The molecule has 1 N–H and O–H groups in total. The fourth-order valence-electron chi connectivity index (χ4n) is 3.62. The molecule has 3 aromatic rings. The van der Waals surface area contributed by atoms with Crippen molar-refractivity contribution in [3.63, 3.8) is 0 Å². The lowest BCUT2D eigenvalue weighted by atomic mass is 9.98. The molecular weight excluding hydrogens is 352 g/mol. The summed E-state index contributed by atoms with van der Waals surface area (Å²) in [4.78, 5) is 17.2. The Morgan fingerprint density at radius 1 is 1.18 bits per heavy atom. The number of H-pyrrole nitrogens is 1. The van der Waals surface area contributed by atoms with Crippen molar-refractivity contribution in [3.8, 4) is 5.75 Å². The summed E-state index contributed by atoms with van der Waals surface area (Å²) in [6.07, 6.45) is 4.69. The van der Waals surface area contributed by atoms with Gasteiger partial charge in [-0.1, -0.05) is 36.4 Å². The Morgan fingerprint density at radius 2 is 2.04 bits per heavy atom. The molecule has 28 heavy (non-hydrogen) atoms. The first kappa shape index (κ1) is 18.3. The average molecular weight is 376 g/mol. The molecule has 1 aromatic heterocycles. The lowest BCUT2D eigenvalue weighted by Crippen LogP contribution is -2.27. The van der Waals surface area contributed by atoms with Gasteiger partial charge in [-0.15, -0.1) is 0 Å². The minimum atomic E-state index is -0.679. The van der Waals surface area contributed by atoms with E-state index in [9.17, 15) is 4.79 Å². The second-order valence-electron chi connectivity index (χ2n) is 6.89. The van der Waals surface area contributed by atoms with Crippen molar-refractivity contribution in [2.45, 2.75) is 19.9 Å². The molecule has 5 nitrogen and oxygen atoms in total. The molecule has 0 atom stereocenters. The molecule has 1 aliphatic heterocycles. The molecule has 0 spiro atoms. The van der Waals surface area contributed by atoms with Gasteiger partial charge < -0.3 is 14.5 Å². The number of aromatic nitrogens is 1. The van der Waals surface area contributed by atoms with Gasteiger partial charge in [-0.2, -0.15) is 0 Å². The van der Waals surface area contributed by atoms with Gasteiger partial charge in [-0.25, -0.2) is 4.79 Å². The lowest BCUT2D eigenvalue weighted by molar-refractivity contribution is 0.104. The van der Waals surface area contributed by atoms with Crippen LogP contribution in [0.3, 0.4) is 0 Å². The zero-order chi connectivity index (χ0) is 19.3. The van der Waals surface area contributed by atoms with Gasteiger partial charge >= 0.3 is 6.16 Å². The molecule has 0 bridgehead atoms. The Hall–Kier alpha value is -3.05. The molecule has 2 aromatic carbocycles. The molecule has 0 saturated heterocycles. The number of hydrogen-bond acceptors (Lipinski definition) is 4. The van der Waals surface area contributed by atoms with Crippen molar-refractivity contribution >= 4 is 22.6 Å². The minimum Gasteiger partial charge on any atom is -0.434 e. The van der Waals surface area contributed by atoms with E-state index in [0.717, 1.165) is 37.0 Å². The zero-order valence-electron chi connectivity index (χ0n) is 16.0. The SMILES string of the molecule is CCOC(=O)Oc1ccc2c(C3=CCN(Cc4ccccc4)CC3)c[nH]c2c1. The van der Waals surface area contributed by atoms with Crippen molar-refractivity contribution in [2.75, 3.05) is 19.7 Å². The second kappa shape index (κ2) is 8.31. The molecule has 0 unspecified atom stereocenters. The summed E-state index contributed by atoms with van der Waals surface area (Å²) in [6.45, 7) is 5.01. The van der Waals surface area contributed by atoms with Crippen LogP contribution in [0.2, 0.25) is 0 Å². The topological polar surface area (TPSA) is 54.6 Å². The van der Waals surface area contributed by atoms with Gasteiger partial charge in [-0.3, -0.25) is 4.90 Å². The summed E-state index contributed by atoms with van der Waals surface area (Å²) in [5.41, 5.74) is 4.87. The van der Waals surface area contributed by atoms with Gasteiger partial charge in [0.25, 0.3) is 0 Å². The molecule has 1 aliphatic rings. The predicted molar refractivity (Wildman–Crippen MR) is 110 cm³/mol. The molecule has 0 aliphatic carbocycles. The summed E-state index contributed by atoms with van der Waals surface area (Å²) in [7, 11) is 0. The number of hydrogen-bond donors (Lipinski definition) is 1. The van der Waals surface area contributed by atoms with E-state index in [1.807, 2.05) is 24.4 Å². The van der Waals surface area contributed by atoms with Crippen LogP contribution >= 0.6 is 0 Å². The van der Waals surface area contributed by atoms with E-state index < -0.39 is 6.16 Å². The highest BCUT2D eigenvalue weighted by atomic mass is 16.7. The van der Waals surface area contributed by atoms with Crippen LogP contribution in [0.15, 0.2) is 60.8 Å². The standard InChI is InChI=1S/C23H24N2O3/c1-2-27-23(26)28-19-8-9-20-21(15-24-22(20)14-19)18-10-12-25(13-11-18)16-17-6-4-3-5-7-17/h3-10,14-15,24H,2,11-13,16H2,1H3. The van der Waals surface area contributed by atoms with E-state index in [2.05, 4.69) is 46.3 Å². The van der Waals surface area contributed by atoms with Gasteiger partial charge in [0.1, 0.15) is 5.75 Å². The fraction of sp³-hybridized carbons (Fsp3) is 0.261. The Morgan fingerprint density at radius 3 is 2.79 bits per heavy atom. The number of nitrogens with one attached hydrogen (secondary N) is 1. The molecular formula is C23H24N2O3. The Bertz CT molecular complexity index is 992. The van der Waals surface area contributed by atoms with Gasteiger partial charge in [-0.05, 0) is 36.6 Å².